The van der Waals surface area contributed by atoms with Crippen LogP contribution in [0.5, 0.6) is 0 Å². The molecule has 1 aromatic carbocycles. The van der Waals surface area contributed by atoms with Crippen LogP contribution in [0, 0.1) is 13.8 Å². The molecule has 72 valence electrons. The molecule has 0 amide bonds. The Hall–Kier alpha value is -1.50. The highest BCUT2D eigenvalue weighted by Gasteiger charge is 1.98. The van der Waals surface area contributed by atoms with E-state index in [0.29, 0.717) is 0 Å². The molecule has 1 heteroatoms. The maximum Gasteiger partial charge on any atom is 0.0470 e. The molecule has 0 spiro atoms. The van der Waals surface area contributed by atoms with Gasteiger partial charge >= 0.3 is 0 Å². The van der Waals surface area contributed by atoms with Gasteiger partial charge in [-0.2, -0.15) is 0 Å². The largest absolute Gasteiger partial charge is 0.349 e. The fourth-order valence-electron chi connectivity index (χ4n) is 1.62. The predicted octanol–water partition coefficient (Wildman–Crippen LogP) is 3.15. The Bertz CT molecular complexity index is 393. The summed E-state index contributed by atoms with van der Waals surface area (Å²) in [5.41, 5.74) is 4.07. The number of benzene rings is 1. The van der Waals surface area contributed by atoms with E-state index in [1.54, 1.807) is 0 Å². The standard InChI is InChI=1S/C13H15N/c1-11-8-14(9-12(11)2)10-13-6-4-3-5-7-13/h3-9H,10H2,1-2H3. The summed E-state index contributed by atoms with van der Waals surface area (Å²) in [5.74, 6) is 0. The lowest BCUT2D eigenvalue weighted by molar-refractivity contribution is 0.803. The minimum absolute atomic E-state index is 0.968. The third kappa shape index (κ3) is 1.87. The topological polar surface area (TPSA) is 4.93 Å². The molecule has 0 aliphatic heterocycles. The second-order valence-electron chi connectivity index (χ2n) is 3.78. The highest BCUT2D eigenvalue weighted by atomic mass is 14.9. The van der Waals surface area contributed by atoms with Crippen molar-refractivity contribution in [2.45, 2.75) is 20.4 Å². The van der Waals surface area contributed by atoms with Crippen LogP contribution in [0.25, 0.3) is 0 Å². The van der Waals surface area contributed by atoms with E-state index in [2.05, 4.69) is 61.1 Å². The summed E-state index contributed by atoms with van der Waals surface area (Å²) < 4.78 is 2.24. The highest BCUT2D eigenvalue weighted by Crippen LogP contribution is 2.09. The number of aryl methyl sites for hydroxylation is 2. The Morgan fingerprint density at radius 2 is 1.50 bits per heavy atom. The minimum Gasteiger partial charge on any atom is -0.349 e. The number of hydrogen-bond acceptors (Lipinski definition) is 0. The Kier molecular flexibility index (Phi) is 2.40. The Balaban J connectivity index is 2.19. The lowest BCUT2D eigenvalue weighted by atomic mass is 10.2. The van der Waals surface area contributed by atoms with Gasteiger partial charge in [0, 0.05) is 18.9 Å². The first kappa shape index (κ1) is 9.07. The fraction of sp³-hybridized carbons (Fsp3) is 0.231. The summed E-state index contributed by atoms with van der Waals surface area (Å²) in [6.45, 7) is 5.27. The second-order valence-corrected chi connectivity index (χ2v) is 3.78. The van der Waals surface area contributed by atoms with Crippen LogP contribution in [0.15, 0.2) is 42.7 Å². The first-order valence-electron chi connectivity index (χ1n) is 4.92. The van der Waals surface area contributed by atoms with Gasteiger partial charge in [0.1, 0.15) is 0 Å². The summed E-state index contributed by atoms with van der Waals surface area (Å²) >= 11 is 0. The third-order valence-electron chi connectivity index (χ3n) is 2.55. The van der Waals surface area contributed by atoms with Crippen LogP contribution >= 0.6 is 0 Å². The molecule has 0 atom stereocenters. The number of aromatic nitrogens is 1. The summed E-state index contributed by atoms with van der Waals surface area (Å²) in [6.07, 6.45) is 4.39. The molecule has 1 aromatic heterocycles. The summed E-state index contributed by atoms with van der Waals surface area (Å²) in [6, 6.07) is 10.5. The SMILES string of the molecule is Cc1cn(Cc2ccccc2)cc1C. The van der Waals surface area contributed by atoms with Crippen molar-refractivity contribution in [3.05, 3.63) is 59.4 Å². The van der Waals surface area contributed by atoms with Crippen molar-refractivity contribution in [2.24, 2.45) is 0 Å². The molecular formula is C13H15N. The smallest absolute Gasteiger partial charge is 0.0470 e. The average Bonchev–Trinajstić information content (AvgIpc) is 2.47. The van der Waals surface area contributed by atoms with Gasteiger partial charge in [0.15, 0.2) is 0 Å². The summed E-state index contributed by atoms with van der Waals surface area (Å²) in [7, 11) is 0. The molecule has 0 fully saturated rings. The van der Waals surface area contributed by atoms with E-state index in [4.69, 9.17) is 0 Å². The van der Waals surface area contributed by atoms with Crippen LogP contribution < -0.4 is 0 Å². The van der Waals surface area contributed by atoms with Crippen molar-refractivity contribution < 1.29 is 0 Å². The molecule has 0 aliphatic rings. The normalized spacial score (nSPS) is 10.4. The molecule has 0 bridgehead atoms. The molecule has 0 aliphatic carbocycles. The predicted molar refractivity (Wildman–Crippen MR) is 59.5 cm³/mol. The van der Waals surface area contributed by atoms with Gasteiger partial charge in [0.25, 0.3) is 0 Å². The van der Waals surface area contributed by atoms with E-state index in [9.17, 15) is 0 Å². The Morgan fingerprint density at radius 1 is 0.929 bits per heavy atom. The molecule has 14 heavy (non-hydrogen) atoms. The van der Waals surface area contributed by atoms with Gasteiger partial charge in [0.2, 0.25) is 0 Å². The first-order chi connectivity index (χ1) is 6.75. The Labute approximate surface area is 85.0 Å². The minimum atomic E-state index is 0.968. The van der Waals surface area contributed by atoms with Crippen molar-refractivity contribution in [3.63, 3.8) is 0 Å². The number of rotatable bonds is 2. The van der Waals surface area contributed by atoms with Crippen LogP contribution in [0.4, 0.5) is 0 Å². The molecule has 0 saturated carbocycles. The van der Waals surface area contributed by atoms with E-state index >= 15 is 0 Å². The molecule has 1 nitrogen and oxygen atoms in total. The van der Waals surface area contributed by atoms with Crippen LogP contribution in [-0.2, 0) is 6.54 Å². The molecule has 1 heterocycles. The molecule has 2 rings (SSSR count). The lowest BCUT2D eigenvalue weighted by Gasteiger charge is -2.01. The number of nitrogens with zero attached hydrogens (tertiary/aromatic N) is 1. The van der Waals surface area contributed by atoms with Crippen molar-refractivity contribution in [1.82, 2.24) is 4.57 Å². The summed E-state index contributed by atoms with van der Waals surface area (Å²) in [4.78, 5) is 0. The third-order valence-corrected chi connectivity index (χ3v) is 2.55. The zero-order chi connectivity index (χ0) is 9.97. The molecule has 0 unspecified atom stereocenters. The van der Waals surface area contributed by atoms with Crippen LogP contribution in [0.1, 0.15) is 16.7 Å². The van der Waals surface area contributed by atoms with Gasteiger partial charge in [-0.3, -0.25) is 0 Å². The van der Waals surface area contributed by atoms with Crippen molar-refractivity contribution in [3.8, 4) is 0 Å². The molecule has 0 radical (unpaired) electrons. The van der Waals surface area contributed by atoms with Gasteiger partial charge in [-0.1, -0.05) is 30.3 Å². The van der Waals surface area contributed by atoms with Gasteiger partial charge < -0.3 is 4.57 Å². The molecule has 2 aromatic rings. The van der Waals surface area contributed by atoms with Crippen molar-refractivity contribution in [2.75, 3.05) is 0 Å². The van der Waals surface area contributed by atoms with E-state index < -0.39 is 0 Å². The van der Waals surface area contributed by atoms with Crippen LogP contribution in [0.2, 0.25) is 0 Å². The average molecular weight is 185 g/mol. The zero-order valence-electron chi connectivity index (χ0n) is 8.70. The maximum atomic E-state index is 2.24. The first-order valence-corrected chi connectivity index (χ1v) is 4.92. The second kappa shape index (κ2) is 3.70. The van der Waals surface area contributed by atoms with Crippen LogP contribution in [-0.4, -0.2) is 4.57 Å². The number of hydrogen-bond donors (Lipinski definition) is 0. The quantitative estimate of drug-likeness (QED) is 0.677. The van der Waals surface area contributed by atoms with Crippen molar-refractivity contribution >= 4 is 0 Å². The molecule has 0 saturated heterocycles. The van der Waals surface area contributed by atoms with E-state index in [1.165, 1.54) is 16.7 Å². The van der Waals surface area contributed by atoms with Gasteiger partial charge in [0.05, 0.1) is 0 Å². The highest BCUT2D eigenvalue weighted by molar-refractivity contribution is 5.22. The van der Waals surface area contributed by atoms with Gasteiger partial charge in [-0.05, 0) is 30.5 Å². The Morgan fingerprint density at radius 3 is 2.07 bits per heavy atom. The zero-order valence-corrected chi connectivity index (χ0v) is 8.70. The van der Waals surface area contributed by atoms with E-state index in [0.717, 1.165) is 6.54 Å². The summed E-state index contributed by atoms with van der Waals surface area (Å²) in [5, 5.41) is 0. The van der Waals surface area contributed by atoms with Crippen molar-refractivity contribution in [1.29, 1.82) is 0 Å². The lowest BCUT2D eigenvalue weighted by Crippen LogP contribution is -1.95. The van der Waals surface area contributed by atoms with Crippen LogP contribution in [0.3, 0.4) is 0 Å². The monoisotopic (exact) mass is 185 g/mol. The van der Waals surface area contributed by atoms with Gasteiger partial charge in [-0.25, -0.2) is 0 Å². The molecule has 0 N–H and O–H groups in total. The molecular weight excluding hydrogens is 170 g/mol. The van der Waals surface area contributed by atoms with Gasteiger partial charge in [-0.15, -0.1) is 0 Å². The fourth-order valence-corrected chi connectivity index (χ4v) is 1.62. The maximum absolute atomic E-state index is 2.24. The van der Waals surface area contributed by atoms with E-state index in [-0.39, 0.29) is 0 Å². The van der Waals surface area contributed by atoms with E-state index in [1.807, 2.05) is 0 Å².